The molecule has 0 spiro atoms. The van der Waals surface area contributed by atoms with Crippen LogP contribution in [0.25, 0.3) is 11.4 Å². The summed E-state index contributed by atoms with van der Waals surface area (Å²) in [6.07, 6.45) is 7.46. The van der Waals surface area contributed by atoms with Crippen molar-refractivity contribution in [2.24, 2.45) is 0 Å². The van der Waals surface area contributed by atoms with Crippen molar-refractivity contribution in [3.63, 3.8) is 0 Å². The first-order valence-corrected chi connectivity index (χ1v) is 8.86. The van der Waals surface area contributed by atoms with Gasteiger partial charge in [-0.3, -0.25) is 4.79 Å². The normalized spacial score (nSPS) is 14.7. The minimum absolute atomic E-state index is 0.131. The van der Waals surface area contributed by atoms with Gasteiger partial charge in [0.15, 0.2) is 5.82 Å². The molecule has 0 radical (unpaired) electrons. The standard InChI is InChI=1S/C20H24N4O/c1-2-13-21-18-14-17(20(25)22-16-11-7-4-8-12-16)23-19(24-18)15-9-5-3-6-10-15/h2-3,5-6,9-10,14,16H,1,4,7-8,11-13H2,(H,22,25)(H,21,23,24). The molecule has 2 aromatic rings. The van der Waals surface area contributed by atoms with Gasteiger partial charge < -0.3 is 10.6 Å². The SMILES string of the molecule is C=CCNc1cc(C(=O)NC2CCCCC2)nc(-c2ccccc2)n1. The van der Waals surface area contributed by atoms with Gasteiger partial charge in [-0.25, -0.2) is 9.97 Å². The van der Waals surface area contributed by atoms with Crippen molar-refractivity contribution in [2.45, 2.75) is 38.1 Å². The van der Waals surface area contributed by atoms with E-state index in [0.717, 1.165) is 18.4 Å². The maximum absolute atomic E-state index is 12.7. The summed E-state index contributed by atoms with van der Waals surface area (Å²) in [6, 6.07) is 11.6. The van der Waals surface area contributed by atoms with Crippen molar-refractivity contribution >= 4 is 11.7 Å². The fourth-order valence-electron chi connectivity index (χ4n) is 3.05. The molecule has 0 unspecified atom stereocenters. The molecular weight excluding hydrogens is 312 g/mol. The number of rotatable bonds is 6. The van der Waals surface area contributed by atoms with Crippen LogP contribution >= 0.6 is 0 Å². The molecule has 5 nitrogen and oxygen atoms in total. The van der Waals surface area contributed by atoms with Gasteiger partial charge in [-0.2, -0.15) is 0 Å². The lowest BCUT2D eigenvalue weighted by molar-refractivity contribution is 0.0922. The topological polar surface area (TPSA) is 66.9 Å². The summed E-state index contributed by atoms with van der Waals surface area (Å²) in [5, 5.41) is 6.27. The molecule has 130 valence electrons. The molecule has 1 aromatic carbocycles. The molecule has 25 heavy (non-hydrogen) atoms. The van der Waals surface area contributed by atoms with E-state index in [1.165, 1.54) is 19.3 Å². The lowest BCUT2D eigenvalue weighted by atomic mass is 9.95. The monoisotopic (exact) mass is 336 g/mol. The number of anilines is 1. The van der Waals surface area contributed by atoms with Gasteiger partial charge in [0, 0.05) is 24.2 Å². The highest BCUT2D eigenvalue weighted by atomic mass is 16.1. The van der Waals surface area contributed by atoms with Crippen LogP contribution in [0.1, 0.15) is 42.6 Å². The molecule has 1 aliphatic carbocycles. The summed E-state index contributed by atoms with van der Waals surface area (Å²) < 4.78 is 0. The van der Waals surface area contributed by atoms with Gasteiger partial charge in [0.25, 0.3) is 5.91 Å². The van der Waals surface area contributed by atoms with Gasteiger partial charge in [0.2, 0.25) is 0 Å². The van der Waals surface area contributed by atoms with E-state index >= 15 is 0 Å². The Balaban J connectivity index is 1.85. The average Bonchev–Trinajstić information content (AvgIpc) is 2.67. The maximum Gasteiger partial charge on any atom is 0.270 e. The second-order valence-electron chi connectivity index (χ2n) is 6.31. The Morgan fingerprint density at radius 3 is 2.64 bits per heavy atom. The number of aromatic nitrogens is 2. The third-order valence-electron chi connectivity index (χ3n) is 4.36. The number of carbonyl (C=O) groups excluding carboxylic acids is 1. The maximum atomic E-state index is 12.7. The third kappa shape index (κ3) is 4.66. The lowest BCUT2D eigenvalue weighted by Gasteiger charge is -2.22. The Hall–Kier alpha value is -2.69. The molecule has 1 amide bonds. The fourth-order valence-corrected chi connectivity index (χ4v) is 3.05. The van der Waals surface area contributed by atoms with Crippen molar-refractivity contribution < 1.29 is 4.79 Å². The van der Waals surface area contributed by atoms with Crippen LogP contribution in [0.4, 0.5) is 5.82 Å². The number of nitrogens with one attached hydrogen (secondary N) is 2. The summed E-state index contributed by atoms with van der Waals surface area (Å²) in [5.74, 6) is 1.04. The molecule has 5 heteroatoms. The van der Waals surface area contributed by atoms with E-state index < -0.39 is 0 Å². The first-order chi connectivity index (χ1) is 12.3. The summed E-state index contributed by atoms with van der Waals surface area (Å²) in [7, 11) is 0. The molecule has 1 aliphatic rings. The zero-order chi connectivity index (χ0) is 17.5. The van der Waals surface area contributed by atoms with Gasteiger partial charge in [-0.15, -0.1) is 6.58 Å². The number of carbonyl (C=O) groups is 1. The number of amides is 1. The first-order valence-electron chi connectivity index (χ1n) is 8.86. The average molecular weight is 336 g/mol. The number of benzene rings is 1. The van der Waals surface area contributed by atoms with Crippen molar-refractivity contribution in [1.29, 1.82) is 0 Å². The zero-order valence-electron chi connectivity index (χ0n) is 14.4. The second-order valence-corrected chi connectivity index (χ2v) is 6.31. The van der Waals surface area contributed by atoms with Crippen LogP contribution in [0, 0.1) is 0 Å². The van der Waals surface area contributed by atoms with Crippen LogP contribution in [-0.2, 0) is 0 Å². The van der Waals surface area contributed by atoms with Gasteiger partial charge in [-0.1, -0.05) is 55.7 Å². The Bertz CT molecular complexity index is 724. The predicted molar refractivity (Wildman–Crippen MR) is 100 cm³/mol. The molecule has 0 saturated heterocycles. The number of hydrogen-bond donors (Lipinski definition) is 2. The smallest absolute Gasteiger partial charge is 0.270 e. The van der Waals surface area contributed by atoms with Gasteiger partial charge in [0.1, 0.15) is 11.5 Å². The van der Waals surface area contributed by atoms with Crippen molar-refractivity contribution in [3.05, 3.63) is 54.7 Å². The van der Waals surface area contributed by atoms with E-state index in [4.69, 9.17) is 0 Å². The molecule has 0 atom stereocenters. The molecule has 0 aliphatic heterocycles. The molecule has 1 aromatic heterocycles. The Morgan fingerprint density at radius 2 is 1.92 bits per heavy atom. The molecule has 1 fully saturated rings. The predicted octanol–water partition coefficient (Wildman–Crippen LogP) is 3.80. The van der Waals surface area contributed by atoms with E-state index in [2.05, 4.69) is 27.2 Å². The van der Waals surface area contributed by atoms with Crippen LogP contribution in [0.3, 0.4) is 0 Å². The van der Waals surface area contributed by atoms with Crippen molar-refractivity contribution in [2.75, 3.05) is 11.9 Å². The largest absolute Gasteiger partial charge is 0.366 e. The third-order valence-corrected chi connectivity index (χ3v) is 4.36. The van der Waals surface area contributed by atoms with Crippen LogP contribution in [0.5, 0.6) is 0 Å². The highest BCUT2D eigenvalue weighted by molar-refractivity contribution is 5.93. The molecule has 3 rings (SSSR count). The van der Waals surface area contributed by atoms with Crippen LogP contribution < -0.4 is 10.6 Å². The van der Waals surface area contributed by atoms with Crippen LogP contribution in [0.15, 0.2) is 49.1 Å². The van der Waals surface area contributed by atoms with E-state index in [1.807, 2.05) is 30.3 Å². The Morgan fingerprint density at radius 1 is 1.16 bits per heavy atom. The van der Waals surface area contributed by atoms with Gasteiger partial charge in [0.05, 0.1) is 0 Å². The van der Waals surface area contributed by atoms with Crippen molar-refractivity contribution in [3.8, 4) is 11.4 Å². The number of nitrogens with zero attached hydrogens (tertiary/aromatic N) is 2. The highest BCUT2D eigenvalue weighted by Crippen LogP contribution is 2.20. The zero-order valence-corrected chi connectivity index (χ0v) is 14.4. The first kappa shape index (κ1) is 17.1. The summed E-state index contributed by atoms with van der Waals surface area (Å²) >= 11 is 0. The number of hydrogen-bond acceptors (Lipinski definition) is 4. The minimum Gasteiger partial charge on any atom is -0.366 e. The fraction of sp³-hybridized carbons (Fsp3) is 0.350. The Kier molecular flexibility index (Phi) is 5.77. The summed E-state index contributed by atoms with van der Waals surface area (Å²) in [5.41, 5.74) is 1.28. The van der Waals surface area contributed by atoms with Gasteiger partial charge in [-0.05, 0) is 12.8 Å². The highest BCUT2D eigenvalue weighted by Gasteiger charge is 2.19. The minimum atomic E-state index is -0.131. The molecule has 1 saturated carbocycles. The van der Waals surface area contributed by atoms with E-state index in [9.17, 15) is 4.79 Å². The molecule has 1 heterocycles. The summed E-state index contributed by atoms with van der Waals surface area (Å²) in [6.45, 7) is 4.28. The van der Waals surface area contributed by atoms with E-state index in [1.54, 1.807) is 12.1 Å². The van der Waals surface area contributed by atoms with Crippen LogP contribution in [0.2, 0.25) is 0 Å². The van der Waals surface area contributed by atoms with Crippen molar-refractivity contribution in [1.82, 2.24) is 15.3 Å². The second kappa shape index (κ2) is 8.42. The summed E-state index contributed by atoms with van der Waals surface area (Å²) in [4.78, 5) is 21.7. The quantitative estimate of drug-likeness (QED) is 0.787. The molecule has 0 bridgehead atoms. The molecular formula is C20H24N4O. The van der Waals surface area contributed by atoms with Gasteiger partial charge >= 0.3 is 0 Å². The molecule has 2 N–H and O–H groups in total. The van der Waals surface area contributed by atoms with Crippen LogP contribution in [-0.4, -0.2) is 28.5 Å². The lowest BCUT2D eigenvalue weighted by Crippen LogP contribution is -2.36. The van der Waals surface area contributed by atoms with E-state index in [-0.39, 0.29) is 11.9 Å². The Labute approximate surface area is 148 Å². The van der Waals surface area contributed by atoms with E-state index in [0.29, 0.717) is 23.9 Å².